The molecule has 0 aliphatic heterocycles. The van der Waals surface area contributed by atoms with Gasteiger partial charge in [0.25, 0.3) is 0 Å². The molecule has 6 heteroatoms. The molecule has 4 aromatic carbocycles. The lowest BCUT2D eigenvalue weighted by molar-refractivity contribution is 0.260. The molecule has 0 heterocycles. The summed E-state index contributed by atoms with van der Waals surface area (Å²) in [5.74, 6) is 4.20. The van der Waals surface area contributed by atoms with E-state index >= 15 is 0 Å². The molecule has 0 radical (unpaired) electrons. The number of benzene rings is 4. The molecule has 0 saturated carbocycles. The minimum absolute atomic E-state index is 0.672. The first-order valence-electron chi connectivity index (χ1n) is 19.4. The fraction of sp³-hybridized carbons (Fsp3) is 0.581. The van der Waals surface area contributed by atoms with E-state index < -0.39 is 0 Å². The largest absolute Gasteiger partial charge is 0.492 e. The smallest absolute Gasteiger partial charge is 0.161 e. The molecular weight excluding hydrogens is 723 g/mol. The Labute approximate surface area is 309 Å². The Morgan fingerprint density at radius 2 is 0.551 bits per heavy atom. The van der Waals surface area contributed by atoms with E-state index in [-0.39, 0.29) is 0 Å². The second-order valence-electron chi connectivity index (χ2n) is 13.3. The average Bonchev–Trinajstić information content (AvgIpc) is 3.11. The van der Waals surface area contributed by atoms with Crippen LogP contribution in [-0.2, 0) is 0 Å². The maximum Gasteiger partial charge on any atom is 0.161 e. The molecule has 0 unspecified atom stereocenters. The van der Waals surface area contributed by atoms with Crippen LogP contribution in [0.25, 0.3) is 32.3 Å². The molecule has 49 heavy (non-hydrogen) atoms. The normalized spacial score (nSPS) is 11.5. The van der Waals surface area contributed by atoms with Crippen LogP contribution in [-0.4, -0.2) is 33.0 Å². The van der Waals surface area contributed by atoms with Gasteiger partial charge in [-0.1, -0.05) is 98.8 Å². The zero-order chi connectivity index (χ0) is 34.8. The Balaban J connectivity index is 1.95. The monoisotopic (exact) mass is 784 g/mol. The molecule has 0 fully saturated rings. The highest BCUT2D eigenvalue weighted by molar-refractivity contribution is 14.1. The molecule has 0 aromatic heterocycles. The molecule has 0 amide bonds. The minimum atomic E-state index is 0.672. The molecule has 270 valence electrons. The van der Waals surface area contributed by atoms with Crippen LogP contribution in [0.3, 0.4) is 0 Å². The van der Waals surface area contributed by atoms with Gasteiger partial charge in [-0.15, -0.1) is 0 Å². The Kier molecular flexibility index (Phi) is 17.2. The van der Waals surface area contributed by atoms with Gasteiger partial charge >= 0.3 is 0 Å². The van der Waals surface area contributed by atoms with Crippen LogP contribution in [0.1, 0.15) is 131 Å². The number of hydrogen-bond acceptors (Lipinski definition) is 5. The van der Waals surface area contributed by atoms with Crippen molar-refractivity contribution in [2.45, 2.75) is 131 Å². The highest BCUT2D eigenvalue weighted by Gasteiger charge is 2.19. The number of rotatable bonds is 25. The van der Waals surface area contributed by atoms with Crippen molar-refractivity contribution < 1.29 is 23.7 Å². The number of halogens is 1. The van der Waals surface area contributed by atoms with E-state index in [9.17, 15) is 0 Å². The highest BCUT2D eigenvalue weighted by atomic mass is 127. The SMILES string of the molecule is CCCCCOc1cc2c(cc1I)c1cc(OCCCCC)c(OCCCCC)cc1c1cc(OCCCCC)c(OCCCCC)cc21. The van der Waals surface area contributed by atoms with Gasteiger partial charge in [-0.25, -0.2) is 0 Å². The van der Waals surface area contributed by atoms with Crippen molar-refractivity contribution in [3.8, 4) is 28.7 Å². The average molecular weight is 785 g/mol. The van der Waals surface area contributed by atoms with Crippen molar-refractivity contribution in [3.05, 3.63) is 40.0 Å². The van der Waals surface area contributed by atoms with E-state index in [0.29, 0.717) is 26.4 Å². The summed E-state index contributed by atoms with van der Waals surface area (Å²) < 4.78 is 33.5. The first kappa shape index (κ1) is 39.2. The third-order valence-electron chi connectivity index (χ3n) is 9.14. The second kappa shape index (κ2) is 21.6. The van der Waals surface area contributed by atoms with Gasteiger partial charge in [-0.2, -0.15) is 0 Å². The molecule has 0 aliphatic rings. The van der Waals surface area contributed by atoms with Crippen LogP contribution in [0.5, 0.6) is 28.7 Å². The molecule has 0 spiro atoms. The van der Waals surface area contributed by atoms with E-state index in [2.05, 4.69) is 93.6 Å². The van der Waals surface area contributed by atoms with Gasteiger partial charge in [0.15, 0.2) is 23.0 Å². The van der Waals surface area contributed by atoms with Gasteiger partial charge in [-0.3, -0.25) is 0 Å². The number of fused-ring (bicyclic) bond motifs is 6. The number of unbranched alkanes of at least 4 members (excludes halogenated alkanes) is 10. The topological polar surface area (TPSA) is 46.2 Å². The lowest BCUT2D eigenvalue weighted by atomic mass is 9.93. The quantitative estimate of drug-likeness (QED) is 0.0380. The first-order chi connectivity index (χ1) is 24.1. The fourth-order valence-electron chi connectivity index (χ4n) is 6.24. The Morgan fingerprint density at radius 3 is 0.816 bits per heavy atom. The van der Waals surface area contributed by atoms with E-state index in [1.54, 1.807) is 0 Å². The molecule has 0 atom stereocenters. The van der Waals surface area contributed by atoms with E-state index in [4.69, 9.17) is 23.7 Å². The second-order valence-corrected chi connectivity index (χ2v) is 14.5. The van der Waals surface area contributed by atoms with Crippen molar-refractivity contribution in [3.63, 3.8) is 0 Å². The van der Waals surface area contributed by atoms with Gasteiger partial charge in [0.1, 0.15) is 5.75 Å². The Morgan fingerprint density at radius 1 is 0.327 bits per heavy atom. The van der Waals surface area contributed by atoms with E-state index in [0.717, 1.165) is 149 Å². The summed E-state index contributed by atoms with van der Waals surface area (Å²) in [4.78, 5) is 0. The lowest BCUT2D eigenvalue weighted by Crippen LogP contribution is -2.04. The van der Waals surface area contributed by atoms with Crippen LogP contribution in [0, 0.1) is 3.57 Å². The molecule has 0 bridgehead atoms. The maximum atomic E-state index is 6.50. The number of hydrogen-bond donors (Lipinski definition) is 0. The molecule has 0 aliphatic carbocycles. The third kappa shape index (κ3) is 11.2. The zero-order valence-electron chi connectivity index (χ0n) is 31.0. The van der Waals surface area contributed by atoms with Crippen molar-refractivity contribution in [1.82, 2.24) is 0 Å². The van der Waals surface area contributed by atoms with Gasteiger partial charge < -0.3 is 23.7 Å². The molecule has 0 N–H and O–H groups in total. The van der Waals surface area contributed by atoms with Crippen LogP contribution in [0.15, 0.2) is 36.4 Å². The predicted molar refractivity (Wildman–Crippen MR) is 217 cm³/mol. The first-order valence-corrected chi connectivity index (χ1v) is 20.5. The van der Waals surface area contributed by atoms with E-state index in [1.807, 2.05) is 0 Å². The van der Waals surface area contributed by atoms with Crippen molar-refractivity contribution in [1.29, 1.82) is 0 Å². The zero-order valence-corrected chi connectivity index (χ0v) is 33.2. The van der Waals surface area contributed by atoms with E-state index in [1.165, 1.54) is 18.2 Å². The summed E-state index contributed by atoms with van der Waals surface area (Å²) in [7, 11) is 0. The summed E-state index contributed by atoms with van der Waals surface area (Å²) in [5.41, 5.74) is 0. The molecular formula is C43H61IO5. The summed E-state index contributed by atoms with van der Waals surface area (Å²) in [6.07, 6.45) is 16.7. The number of ether oxygens (including phenoxy) is 5. The van der Waals surface area contributed by atoms with Crippen molar-refractivity contribution in [2.24, 2.45) is 0 Å². The van der Waals surface area contributed by atoms with Crippen molar-refractivity contribution in [2.75, 3.05) is 33.0 Å². The summed E-state index contributed by atoms with van der Waals surface area (Å²) >= 11 is 2.43. The van der Waals surface area contributed by atoms with Gasteiger partial charge in [0.2, 0.25) is 0 Å². The van der Waals surface area contributed by atoms with Crippen LogP contribution in [0.2, 0.25) is 0 Å². The molecule has 4 aromatic rings. The Hall–Kier alpha value is -2.61. The minimum Gasteiger partial charge on any atom is -0.492 e. The van der Waals surface area contributed by atoms with Crippen LogP contribution < -0.4 is 23.7 Å². The Bertz CT molecular complexity index is 1530. The fourth-order valence-corrected chi connectivity index (χ4v) is 6.87. The molecule has 5 nitrogen and oxygen atoms in total. The van der Waals surface area contributed by atoms with Crippen LogP contribution in [0.4, 0.5) is 0 Å². The standard InChI is InChI=1S/C43H61IO5/c1-6-11-16-21-45-39-27-33-32(26-38(39)44)34-28-40(46-22-17-12-7-2)42(48-24-19-14-9-4)30-36(34)37-31-43(49-25-20-15-10-5)41(29-35(33)37)47-23-18-13-8-3/h26-31H,6-25H2,1-5H3. The molecule has 4 rings (SSSR count). The summed E-state index contributed by atoms with van der Waals surface area (Å²) in [6, 6.07) is 13.4. The molecule has 0 saturated heterocycles. The van der Waals surface area contributed by atoms with Gasteiger partial charge in [0, 0.05) is 0 Å². The summed E-state index contributed by atoms with van der Waals surface area (Å²) in [5, 5.41) is 6.88. The lowest BCUT2D eigenvalue weighted by Gasteiger charge is -2.20. The van der Waals surface area contributed by atoms with Gasteiger partial charge in [-0.05, 0) is 123 Å². The third-order valence-corrected chi connectivity index (χ3v) is 9.98. The van der Waals surface area contributed by atoms with Crippen molar-refractivity contribution >= 4 is 54.9 Å². The maximum absolute atomic E-state index is 6.50. The van der Waals surface area contributed by atoms with Gasteiger partial charge in [0.05, 0.1) is 36.6 Å². The summed E-state index contributed by atoms with van der Waals surface area (Å²) in [6.45, 7) is 14.5. The predicted octanol–water partition coefficient (Wildman–Crippen LogP) is 13.6. The highest BCUT2D eigenvalue weighted by Crippen LogP contribution is 2.46. The van der Waals surface area contributed by atoms with Crippen LogP contribution >= 0.6 is 22.6 Å².